The molecule has 1 saturated heterocycles. The number of epoxide rings is 1. The minimum atomic E-state index is -1.09. The van der Waals surface area contributed by atoms with Crippen molar-refractivity contribution in [2.75, 3.05) is 0 Å². The molecule has 3 nitrogen and oxygen atoms in total. The molecule has 0 bridgehead atoms. The van der Waals surface area contributed by atoms with Crippen LogP contribution in [-0.4, -0.2) is 17.7 Å². The Hall–Kier alpha value is 0.430. The Morgan fingerprint density at radius 2 is 2.25 bits per heavy atom. The fraction of sp³-hybridized carbons (Fsp3) is 0.875. The summed E-state index contributed by atoms with van der Waals surface area (Å²) in [6.45, 7) is 5.83. The van der Waals surface area contributed by atoms with Crippen molar-refractivity contribution in [3.63, 3.8) is 0 Å². The van der Waals surface area contributed by atoms with Crippen molar-refractivity contribution in [3.8, 4) is 0 Å². The molecule has 1 heterocycles. The van der Waals surface area contributed by atoms with E-state index in [9.17, 15) is 9.90 Å². The molecule has 0 spiro atoms. The van der Waals surface area contributed by atoms with E-state index in [1.165, 1.54) is 0 Å². The van der Waals surface area contributed by atoms with Gasteiger partial charge >= 0.3 is 29.6 Å². The molecule has 0 aromatic rings. The van der Waals surface area contributed by atoms with E-state index in [-0.39, 0.29) is 35.5 Å². The van der Waals surface area contributed by atoms with Crippen molar-refractivity contribution in [2.24, 2.45) is 5.92 Å². The van der Waals surface area contributed by atoms with Gasteiger partial charge in [0.2, 0.25) is 0 Å². The topological polar surface area (TPSA) is 52.7 Å². The number of carbonyl (C=O) groups excluding carboxylic acids is 1. The average Bonchev–Trinajstić information content (AvgIpc) is 2.62. The predicted octanol–water partition coefficient (Wildman–Crippen LogP) is -3.06. The molecule has 4 heteroatoms. The van der Waals surface area contributed by atoms with Crippen molar-refractivity contribution >= 4 is 5.97 Å². The van der Waals surface area contributed by atoms with E-state index in [2.05, 4.69) is 0 Å². The summed E-state index contributed by atoms with van der Waals surface area (Å²) < 4.78 is 5.06. The second kappa shape index (κ2) is 4.09. The summed E-state index contributed by atoms with van der Waals surface area (Å²) in [5, 5.41) is 10.4. The van der Waals surface area contributed by atoms with Gasteiger partial charge in [0.15, 0.2) is 0 Å². The Labute approximate surface area is 94.8 Å². The SMILES string of the molecule is CCC(C)C1(C)OC1C(=O)[O-].[Na+]. The van der Waals surface area contributed by atoms with E-state index in [0.29, 0.717) is 0 Å². The molecule has 3 unspecified atom stereocenters. The Kier molecular flexibility index (Phi) is 4.24. The van der Waals surface area contributed by atoms with E-state index in [1.807, 2.05) is 20.8 Å². The quantitative estimate of drug-likeness (QED) is 0.342. The van der Waals surface area contributed by atoms with Gasteiger partial charge < -0.3 is 14.6 Å². The molecular weight excluding hydrogens is 167 g/mol. The second-order valence-electron chi connectivity index (χ2n) is 3.31. The number of hydrogen-bond donors (Lipinski definition) is 0. The zero-order chi connectivity index (χ0) is 8.65. The fourth-order valence-electron chi connectivity index (χ4n) is 1.28. The maximum absolute atomic E-state index is 10.4. The van der Waals surface area contributed by atoms with Crippen molar-refractivity contribution in [1.82, 2.24) is 0 Å². The molecule has 0 aromatic heterocycles. The van der Waals surface area contributed by atoms with Gasteiger partial charge in [0.05, 0.1) is 5.97 Å². The van der Waals surface area contributed by atoms with E-state index in [1.54, 1.807) is 0 Å². The van der Waals surface area contributed by atoms with Crippen LogP contribution in [0.25, 0.3) is 0 Å². The van der Waals surface area contributed by atoms with E-state index < -0.39 is 17.7 Å². The first-order valence-electron chi connectivity index (χ1n) is 3.91. The van der Waals surface area contributed by atoms with Gasteiger partial charge in [-0.1, -0.05) is 20.3 Å². The molecule has 0 amide bonds. The molecule has 0 aliphatic carbocycles. The number of carbonyl (C=O) groups is 1. The molecule has 64 valence electrons. The molecule has 12 heavy (non-hydrogen) atoms. The Morgan fingerprint density at radius 3 is 2.50 bits per heavy atom. The zero-order valence-corrected chi connectivity index (χ0v) is 10.1. The first kappa shape index (κ1) is 12.4. The molecule has 0 saturated carbocycles. The van der Waals surface area contributed by atoms with Gasteiger partial charge in [-0.3, -0.25) is 0 Å². The number of carboxylic acid groups (broad SMARTS) is 1. The third-order valence-electron chi connectivity index (χ3n) is 2.64. The first-order valence-corrected chi connectivity index (χ1v) is 3.91. The summed E-state index contributed by atoms with van der Waals surface area (Å²) in [5.41, 5.74) is -0.465. The second-order valence-corrected chi connectivity index (χ2v) is 3.31. The molecular formula is C8H13NaO3. The fourth-order valence-corrected chi connectivity index (χ4v) is 1.28. The molecule has 1 aliphatic heterocycles. The van der Waals surface area contributed by atoms with Gasteiger partial charge in [-0.15, -0.1) is 0 Å². The standard InChI is InChI=1S/C8H14O3.Na/c1-4-5(2)8(3)6(11-8)7(9)10;/h5-6H,4H2,1-3H3,(H,9,10);/q;+1/p-1. The number of carboxylic acids is 1. The molecule has 1 rings (SSSR count). The molecule has 0 radical (unpaired) electrons. The summed E-state index contributed by atoms with van der Waals surface area (Å²) in [6.07, 6.45) is 0.248. The summed E-state index contributed by atoms with van der Waals surface area (Å²) >= 11 is 0. The summed E-state index contributed by atoms with van der Waals surface area (Å²) in [4.78, 5) is 10.4. The van der Waals surface area contributed by atoms with Gasteiger partial charge in [-0.2, -0.15) is 0 Å². The molecule has 1 fully saturated rings. The maximum Gasteiger partial charge on any atom is 1.00 e. The van der Waals surface area contributed by atoms with Gasteiger partial charge in [-0.05, 0) is 12.8 Å². The normalized spacial score (nSPS) is 35.1. The van der Waals surface area contributed by atoms with Gasteiger partial charge in [0.25, 0.3) is 0 Å². The monoisotopic (exact) mass is 180 g/mol. The maximum atomic E-state index is 10.4. The van der Waals surface area contributed by atoms with Crippen molar-refractivity contribution < 1.29 is 44.2 Å². The minimum absolute atomic E-state index is 0. The summed E-state index contributed by atoms with van der Waals surface area (Å²) in [5.74, 6) is -0.807. The summed E-state index contributed by atoms with van der Waals surface area (Å²) in [7, 11) is 0. The number of ether oxygens (including phenoxy) is 1. The number of rotatable bonds is 3. The van der Waals surface area contributed by atoms with Crippen LogP contribution >= 0.6 is 0 Å². The van der Waals surface area contributed by atoms with Crippen LogP contribution in [0.5, 0.6) is 0 Å². The van der Waals surface area contributed by atoms with Crippen LogP contribution in [0.4, 0.5) is 0 Å². The summed E-state index contributed by atoms with van der Waals surface area (Å²) in [6, 6.07) is 0. The molecule has 3 atom stereocenters. The largest absolute Gasteiger partial charge is 1.00 e. The van der Waals surface area contributed by atoms with Gasteiger partial charge in [0.1, 0.15) is 11.7 Å². The molecule has 0 N–H and O–H groups in total. The zero-order valence-electron chi connectivity index (χ0n) is 8.09. The third-order valence-corrected chi connectivity index (χ3v) is 2.64. The Balaban J connectivity index is 0.00000121. The van der Waals surface area contributed by atoms with Crippen LogP contribution in [0.15, 0.2) is 0 Å². The van der Waals surface area contributed by atoms with Crippen molar-refractivity contribution in [1.29, 1.82) is 0 Å². The smallest absolute Gasteiger partial charge is 0.547 e. The average molecular weight is 180 g/mol. The van der Waals surface area contributed by atoms with Crippen LogP contribution in [0.2, 0.25) is 0 Å². The van der Waals surface area contributed by atoms with Gasteiger partial charge in [-0.25, -0.2) is 0 Å². The number of hydrogen-bond acceptors (Lipinski definition) is 3. The van der Waals surface area contributed by atoms with E-state index in [4.69, 9.17) is 4.74 Å². The van der Waals surface area contributed by atoms with Crippen LogP contribution < -0.4 is 34.7 Å². The first-order chi connectivity index (χ1) is 5.02. The van der Waals surface area contributed by atoms with Crippen LogP contribution in [-0.2, 0) is 9.53 Å². The van der Waals surface area contributed by atoms with Crippen molar-refractivity contribution in [2.45, 2.75) is 38.9 Å². The Morgan fingerprint density at radius 1 is 1.75 bits per heavy atom. The molecule has 0 aromatic carbocycles. The Bertz CT molecular complexity index is 183. The predicted molar refractivity (Wildman–Crippen MR) is 37.7 cm³/mol. The van der Waals surface area contributed by atoms with Crippen LogP contribution in [0.3, 0.4) is 0 Å². The van der Waals surface area contributed by atoms with Gasteiger partial charge in [0, 0.05) is 0 Å². The van der Waals surface area contributed by atoms with Crippen molar-refractivity contribution in [3.05, 3.63) is 0 Å². The minimum Gasteiger partial charge on any atom is -0.547 e. The van der Waals surface area contributed by atoms with E-state index >= 15 is 0 Å². The molecule has 1 aliphatic rings. The van der Waals surface area contributed by atoms with E-state index in [0.717, 1.165) is 6.42 Å². The van der Waals surface area contributed by atoms with Crippen LogP contribution in [0, 0.1) is 5.92 Å². The third kappa shape index (κ3) is 2.02. The number of aliphatic carboxylic acids is 1. The van der Waals surface area contributed by atoms with Crippen LogP contribution in [0.1, 0.15) is 27.2 Å².